The molecule has 0 fully saturated rings. The van der Waals surface area contributed by atoms with Crippen molar-refractivity contribution >= 4 is 11.3 Å². The van der Waals surface area contributed by atoms with E-state index in [0.29, 0.717) is 12.1 Å². The number of pyridine rings is 1. The second-order valence-corrected chi connectivity index (χ2v) is 6.86. The number of aryl methyl sites for hydroxylation is 3. The largest absolute Gasteiger partial charge is 0.302 e. The van der Waals surface area contributed by atoms with E-state index in [-0.39, 0.29) is 0 Å². The summed E-state index contributed by atoms with van der Waals surface area (Å²) in [7, 11) is 0. The summed E-state index contributed by atoms with van der Waals surface area (Å²) in [5, 5.41) is 3.75. The lowest BCUT2D eigenvalue weighted by Crippen LogP contribution is -2.23. The Labute approximate surface area is 118 Å². The third-order valence-corrected chi connectivity index (χ3v) is 4.94. The average molecular weight is 272 g/mol. The Bertz CT molecular complexity index is 588. The molecule has 0 radical (unpaired) electrons. The molecule has 1 aliphatic rings. The molecule has 1 N–H and O–H groups in total. The smallest absolute Gasteiger partial charge is 0.0605 e. The topological polar surface area (TPSA) is 24.9 Å². The van der Waals surface area contributed by atoms with Crippen LogP contribution in [0.1, 0.15) is 52.0 Å². The maximum absolute atomic E-state index is 4.56. The van der Waals surface area contributed by atoms with Crippen LogP contribution in [0.2, 0.25) is 0 Å². The van der Waals surface area contributed by atoms with Gasteiger partial charge in [0.05, 0.1) is 11.7 Å². The van der Waals surface area contributed by atoms with Crippen LogP contribution in [0.5, 0.6) is 0 Å². The van der Waals surface area contributed by atoms with E-state index in [4.69, 9.17) is 0 Å². The first-order valence-corrected chi connectivity index (χ1v) is 7.73. The molecular weight excluding hydrogens is 252 g/mol. The van der Waals surface area contributed by atoms with Gasteiger partial charge in [-0.1, -0.05) is 6.07 Å². The molecule has 0 saturated carbocycles. The van der Waals surface area contributed by atoms with Crippen molar-refractivity contribution < 1.29 is 0 Å². The van der Waals surface area contributed by atoms with Crippen molar-refractivity contribution in [2.75, 3.05) is 0 Å². The van der Waals surface area contributed by atoms with Gasteiger partial charge < -0.3 is 5.32 Å². The van der Waals surface area contributed by atoms with Crippen molar-refractivity contribution in [3.63, 3.8) is 0 Å². The number of rotatable bonds is 3. The van der Waals surface area contributed by atoms with Crippen molar-refractivity contribution in [1.29, 1.82) is 0 Å². The van der Waals surface area contributed by atoms with Crippen LogP contribution in [0.25, 0.3) is 0 Å². The van der Waals surface area contributed by atoms with E-state index in [0.717, 1.165) is 6.42 Å². The summed E-state index contributed by atoms with van der Waals surface area (Å²) in [6, 6.07) is 7.35. The predicted molar refractivity (Wildman–Crippen MR) is 80.6 cm³/mol. The molecule has 1 aliphatic carbocycles. The Balaban J connectivity index is 1.78. The Morgan fingerprint density at radius 1 is 1.42 bits per heavy atom. The maximum Gasteiger partial charge on any atom is 0.0605 e. The molecule has 19 heavy (non-hydrogen) atoms. The second-order valence-electron chi connectivity index (χ2n) is 5.40. The van der Waals surface area contributed by atoms with E-state index in [9.17, 15) is 0 Å². The predicted octanol–water partition coefficient (Wildman–Crippen LogP) is 4.10. The van der Waals surface area contributed by atoms with Gasteiger partial charge in [-0.05, 0) is 56.9 Å². The summed E-state index contributed by atoms with van der Waals surface area (Å²) < 4.78 is 0. The maximum atomic E-state index is 4.56. The molecule has 3 rings (SSSR count). The molecule has 0 aliphatic heterocycles. The second kappa shape index (κ2) is 5.06. The van der Waals surface area contributed by atoms with Gasteiger partial charge in [0.25, 0.3) is 0 Å². The van der Waals surface area contributed by atoms with Crippen LogP contribution in [0.15, 0.2) is 24.4 Å². The molecule has 2 heterocycles. The number of thiophene rings is 1. The van der Waals surface area contributed by atoms with E-state index in [1.54, 1.807) is 0 Å². The minimum absolute atomic E-state index is 0.392. The highest BCUT2D eigenvalue weighted by molar-refractivity contribution is 7.12. The highest BCUT2D eigenvalue weighted by Gasteiger charge is 2.25. The summed E-state index contributed by atoms with van der Waals surface area (Å²) in [6.07, 6.45) is 4.22. The zero-order chi connectivity index (χ0) is 13.4. The average Bonchev–Trinajstić information content (AvgIpc) is 2.94. The fraction of sp³-hybridized carbons (Fsp3) is 0.438. The number of nitrogens with one attached hydrogen (secondary N) is 1. The van der Waals surface area contributed by atoms with Gasteiger partial charge in [0.2, 0.25) is 0 Å². The highest BCUT2D eigenvalue weighted by Crippen LogP contribution is 2.33. The van der Waals surface area contributed by atoms with E-state index >= 15 is 0 Å². The van der Waals surface area contributed by atoms with Gasteiger partial charge in [0.15, 0.2) is 0 Å². The monoisotopic (exact) mass is 272 g/mol. The van der Waals surface area contributed by atoms with Gasteiger partial charge in [0, 0.05) is 22.0 Å². The van der Waals surface area contributed by atoms with Crippen molar-refractivity contribution in [2.24, 2.45) is 0 Å². The third kappa shape index (κ3) is 2.45. The van der Waals surface area contributed by atoms with Crippen molar-refractivity contribution in [1.82, 2.24) is 10.3 Å². The van der Waals surface area contributed by atoms with Crippen LogP contribution in [0.3, 0.4) is 0 Å². The Morgan fingerprint density at radius 2 is 2.26 bits per heavy atom. The molecule has 100 valence electrons. The summed E-state index contributed by atoms with van der Waals surface area (Å²) in [6.45, 7) is 6.65. The SMILES string of the molecule is Cc1cc(C(C)NC2CCc3cccnc32)c(C)s1. The first-order chi connectivity index (χ1) is 9.15. The molecule has 2 unspecified atom stereocenters. The number of hydrogen-bond acceptors (Lipinski definition) is 3. The molecule has 3 heteroatoms. The van der Waals surface area contributed by atoms with Gasteiger partial charge in [0.1, 0.15) is 0 Å². The Morgan fingerprint density at radius 3 is 3.00 bits per heavy atom. The lowest BCUT2D eigenvalue weighted by atomic mass is 10.1. The van der Waals surface area contributed by atoms with E-state index in [1.807, 2.05) is 23.6 Å². The van der Waals surface area contributed by atoms with Crippen LogP contribution in [0.4, 0.5) is 0 Å². The molecule has 0 spiro atoms. The van der Waals surface area contributed by atoms with Gasteiger partial charge in [-0.25, -0.2) is 0 Å². The summed E-state index contributed by atoms with van der Waals surface area (Å²) >= 11 is 1.89. The lowest BCUT2D eigenvalue weighted by Gasteiger charge is -2.20. The van der Waals surface area contributed by atoms with Gasteiger partial charge in [-0.15, -0.1) is 11.3 Å². The molecule has 2 aromatic rings. The number of aromatic nitrogens is 1. The van der Waals surface area contributed by atoms with Gasteiger partial charge >= 0.3 is 0 Å². The number of hydrogen-bond donors (Lipinski definition) is 1. The molecule has 2 aromatic heterocycles. The van der Waals surface area contributed by atoms with E-state index < -0.39 is 0 Å². The Kier molecular flexibility index (Phi) is 3.42. The molecule has 0 aromatic carbocycles. The first kappa shape index (κ1) is 12.8. The standard InChI is InChI=1S/C16H20N2S/c1-10-9-14(12(3)19-10)11(2)18-15-7-6-13-5-4-8-17-16(13)15/h4-5,8-9,11,15,18H,6-7H2,1-3H3. The molecule has 0 amide bonds. The highest BCUT2D eigenvalue weighted by atomic mass is 32.1. The fourth-order valence-corrected chi connectivity index (χ4v) is 4.07. The molecule has 2 nitrogen and oxygen atoms in total. The summed E-state index contributed by atoms with van der Waals surface area (Å²) in [5.74, 6) is 0. The van der Waals surface area contributed by atoms with Crippen molar-refractivity contribution in [3.05, 3.63) is 51.0 Å². The summed E-state index contributed by atoms with van der Waals surface area (Å²) in [4.78, 5) is 7.38. The first-order valence-electron chi connectivity index (χ1n) is 6.92. The van der Waals surface area contributed by atoms with Crippen molar-refractivity contribution in [2.45, 2.75) is 45.7 Å². The molecule has 2 atom stereocenters. The normalized spacial score (nSPS) is 19.4. The van der Waals surface area contributed by atoms with Crippen LogP contribution < -0.4 is 5.32 Å². The van der Waals surface area contributed by atoms with E-state index in [2.05, 4.69) is 43.2 Å². The van der Waals surface area contributed by atoms with Gasteiger partial charge in [-0.2, -0.15) is 0 Å². The van der Waals surface area contributed by atoms with Crippen LogP contribution in [0, 0.1) is 13.8 Å². The minimum Gasteiger partial charge on any atom is -0.302 e. The van der Waals surface area contributed by atoms with Crippen LogP contribution >= 0.6 is 11.3 Å². The quantitative estimate of drug-likeness (QED) is 0.910. The zero-order valence-corrected chi connectivity index (χ0v) is 12.6. The minimum atomic E-state index is 0.392. The van der Waals surface area contributed by atoms with Crippen LogP contribution in [-0.4, -0.2) is 4.98 Å². The third-order valence-electron chi connectivity index (χ3n) is 3.96. The molecule has 0 bridgehead atoms. The fourth-order valence-electron chi connectivity index (χ4n) is 3.05. The lowest BCUT2D eigenvalue weighted by molar-refractivity contribution is 0.458. The summed E-state index contributed by atoms with van der Waals surface area (Å²) in [5.41, 5.74) is 4.09. The molecular formula is C16H20N2S. The Hall–Kier alpha value is -1.19. The van der Waals surface area contributed by atoms with Crippen LogP contribution in [-0.2, 0) is 6.42 Å². The number of nitrogens with zero attached hydrogens (tertiary/aromatic N) is 1. The van der Waals surface area contributed by atoms with E-state index in [1.165, 1.54) is 33.0 Å². The van der Waals surface area contributed by atoms with Gasteiger partial charge in [-0.3, -0.25) is 4.98 Å². The number of fused-ring (bicyclic) bond motifs is 1. The zero-order valence-electron chi connectivity index (χ0n) is 11.7. The molecule has 0 saturated heterocycles. The van der Waals surface area contributed by atoms with Crippen molar-refractivity contribution in [3.8, 4) is 0 Å².